The highest BCUT2D eigenvalue weighted by Gasteiger charge is 2.33. The van der Waals surface area contributed by atoms with E-state index in [1.165, 1.54) is 23.1 Å². The minimum absolute atomic E-state index is 0.0301. The zero-order chi connectivity index (χ0) is 29.8. The molecule has 214 valence electrons. The Kier molecular flexibility index (Phi) is 9.93. The van der Waals surface area contributed by atoms with Crippen molar-refractivity contribution in [2.24, 2.45) is 0 Å². The van der Waals surface area contributed by atoms with E-state index in [0.717, 1.165) is 15.4 Å². The van der Waals surface area contributed by atoms with Crippen molar-refractivity contribution in [3.8, 4) is 0 Å². The summed E-state index contributed by atoms with van der Waals surface area (Å²) in [4.78, 5) is 28.5. The standard InChI is InChI=1S/C30H35Cl2N3O4S/c1-20-10-14-26(15-11-20)40(38,39)35(25-13-12-21(2)27(32)17-25)19-28(36)34(18-23-8-7-9-24(31)16-23)22(3)29(37)33-30(4,5)6/h7-17,22H,18-19H2,1-6H3,(H,33,37). The van der Waals surface area contributed by atoms with E-state index in [2.05, 4.69) is 5.32 Å². The van der Waals surface area contributed by atoms with Crippen LogP contribution in [0.2, 0.25) is 10.0 Å². The van der Waals surface area contributed by atoms with Gasteiger partial charge in [0.05, 0.1) is 10.6 Å². The molecule has 0 aliphatic rings. The normalized spacial score (nSPS) is 12.5. The lowest BCUT2D eigenvalue weighted by Crippen LogP contribution is -2.54. The van der Waals surface area contributed by atoms with Crippen molar-refractivity contribution in [3.05, 3.63) is 93.5 Å². The van der Waals surface area contributed by atoms with Crippen molar-refractivity contribution in [3.63, 3.8) is 0 Å². The number of carbonyl (C=O) groups is 2. The average molecular weight is 605 g/mol. The molecule has 0 radical (unpaired) electrons. The Bertz CT molecular complexity index is 1490. The Morgan fingerprint density at radius 3 is 2.17 bits per heavy atom. The molecular formula is C30H35Cl2N3O4S. The van der Waals surface area contributed by atoms with E-state index in [1.807, 2.05) is 27.7 Å². The van der Waals surface area contributed by atoms with Crippen molar-refractivity contribution in [1.82, 2.24) is 10.2 Å². The van der Waals surface area contributed by atoms with Crippen LogP contribution < -0.4 is 9.62 Å². The van der Waals surface area contributed by atoms with Gasteiger partial charge in [-0.15, -0.1) is 0 Å². The number of anilines is 1. The van der Waals surface area contributed by atoms with E-state index < -0.39 is 34.1 Å². The quantitative estimate of drug-likeness (QED) is 0.318. The van der Waals surface area contributed by atoms with E-state index in [1.54, 1.807) is 62.4 Å². The maximum atomic E-state index is 14.0. The molecule has 0 heterocycles. The monoisotopic (exact) mass is 603 g/mol. The van der Waals surface area contributed by atoms with Gasteiger partial charge in [0.25, 0.3) is 10.0 Å². The minimum Gasteiger partial charge on any atom is -0.350 e. The van der Waals surface area contributed by atoms with Gasteiger partial charge in [-0.2, -0.15) is 0 Å². The van der Waals surface area contributed by atoms with Gasteiger partial charge in [-0.1, -0.05) is 59.1 Å². The molecule has 0 saturated carbocycles. The van der Waals surface area contributed by atoms with Crippen molar-refractivity contribution >= 4 is 50.7 Å². The van der Waals surface area contributed by atoms with E-state index in [4.69, 9.17) is 23.2 Å². The number of aryl methyl sites for hydroxylation is 2. The molecule has 3 rings (SSSR count). The number of benzene rings is 3. The number of amides is 2. The van der Waals surface area contributed by atoms with Crippen LogP contribution in [-0.2, 0) is 26.2 Å². The summed E-state index contributed by atoms with van der Waals surface area (Å²) in [5, 5.41) is 3.75. The molecular weight excluding hydrogens is 569 g/mol. The summed E-state index contributed by atoms with van der Waals surface area (Å²) in [6.07, 6.45) is 0. The number of sulfonamides is 1. The first-order valence-electron chi connectivity index (χ1n) is 12.8. The first kappa shape index (κ1) is 31.5. The van der Waals surface area contributed by atoms with E-state index in [9.17, 15) is 18.0 Å². The van der Waals surface area contributed by atoms with Gasteiger partial charge in [0.1, 0.15) is 12.6 Å². The van der Waals surface area contributed by atoms with Gasteiger partial charge in [0, 0.05) is 22.1 Å². The number of halogens is 2. The highest BCUT2D eigenvalue weighted by atomic mass is 35.5. The Hall–Kier alpha value is -3.07. The van der Waals surface area contributed by atoms with Gasteiger partial charge in [-0.25, -0.2) is 8.42 Å². The second-order valence-electron chi connectivity index (χ2n) is 10.8. The molecule has 3 aromatic rings. The number of hydrogen-bond donors (Lipinski definition) is 1. The topological polar surface area (TPSA) is 86.8 Å². The summed E-state index contributed by atoms with van der Waals surface area (Å²) in [7, 11) is -4.18. The van der Waals surface area contributed by atoms with E-state index in [-0.39, 0.29) is 23.0 Å². The fourth-order valence-electron chi connectivity index (χ4n) is 3.99. The Morgan fingerprint density at radius 2 is 1.60 bits per heavy atom. The van der Waals surface area contributed by atoms with Crippen LogP contribution in [0.4, 0.5) is 5.69 Å². The second kappa shape index (κ2) is 12.6. The van der Waals surface area contributed by atoms with Gasteiger partial charge in [-0.3, -0.25) is 13.9 Å². The number of rotatable bonds is 9. The predicted molar refractivity (Wildman–Crippen MR) is 161 cm³/mol. The number of hydrogen-bond acceptors (Lipinski definition) is 4. The third-order valence-corrected chi connectivity index (χ3v) is 8.67. The van der Waals surface area contributed by atoms with Crippen LogP contribution in [0.1, 0.15) is 44.4 Å². The highest BCUT2D eigenvalue weighted by molar-refractivity contribution is 7.92. The molecule has 0 fully saturated rings. The van der Waals surface area contributed by atoms with Gasteiger partial charge in [0.15, 0.2) is 0 Å². The van der Waals surface area contributed by atoms with Crippen LogP contribution in [0.25, 0.3) is 0 Å². The maximum absolute atomic E-state index is 14.0. The first-order valence-corrected chi connectivity index (χ1v) is 15.0. The summed E-state index contributed by atoms with van der Waals surface area (Å²) in [6.45, 7) is 10.3. The van der Waals surface area contributed by atoms with Crippen LogP contribution in [-0.4, -0.2) is 43.3 Å². The third-order valence-electron chi connectivity index (χ3n) is 6.24. The smallest absolute Gasteiger partial charge is 0.264 e. The molecule has 10 heteroatoms. The summed E-state index contributed by atoms with van der Waals surface area (Å²) in [5.41, 5.74) is 2.06. The largest absolute Gasteiger partial charge is 0.350 e. The Balaban J connectivity index is 2.07. The van der Waals surface area contributed by atoms with Crippen molar-refractivity contribution < 1.29 is 18.0 Å². The summed E-state index contributed by atoms with van der Waals surface area (Å²) in [5.74, 6) is -0.932. The fourth-order valence-corrected chi connectivity index (χ4v) is 5.79. The van der Waals surface area contributed by atoms with Crippen LogP contribution in [0.15, 0.2) is 71.6 Å². The first-order chi connectivity index (χ1) is 18.6. The lowest BCUT2D eigenvalue weighted by molar-refractivity contribution is -0.140. The molecule has 0 aliphatic carbocycles. The molecule has 1 unspecified atom stereocenters. The SMILES string of the molecule is Cc1ccc(S(=O)(=O)N(CC(=O)N(Cc2cccc(Cl)c2)C(C)C(=O)NC(C)(C)C)c2ccc(C)c(Cl)c2)cc1. The lowest BCUT2D eigenvalue weighted by atomic mass is 10.1. The molecule has 0 aromatic heterocycles. The molecule has 0 aliphatic heterocycles. The minimum atomic E-state index is -4.18. The van der Waals surface area contributed by atoms with Gasteiger partial charge in [-0.05, 0) is 89.1 Å². The molecule has 3 aromatic carbocycles. The molecule has 2 amide bonds. The van der Waals surface area contributed by atoms with Gasteiger partial charge in [0.2, 0.25) is 11.8 Å². The molecule has 1 N–H and O–H groups in total. The number of nitrogens with zero attached hydrogens (tertiary/aromatic N) is 2. The van der Waals surface area contributed by atoms with E-state index in [0.29, 0.717) is 15.6 Å². The summed E-state index contributed by atoms with van der Waals surface area (Å²) < 4.78 is 28.8. The number of carbonyl (C=O) groups excluding carboxylic acids is 2. The molecule has 0 spiro atoms. The highest BCUT2D eigenvalue weighted by Crippen LogP contribution is 2.29. The molecule has 40 heavy (non-hydrogen) atoms. The Labute approximate surface area is 247 Å². The van der Waals surface area contributed by atoms with Crippen LogP contribution in [0.3, 0.4) is 0 Å². The predicted octanol–water partition coefficient (Wildman–Crippen LogP) is 6.14. The van der Waals surface area contributed by atoms with Gasteiger partial charge < -0.3 is 10.2 Å². The summed E-state index contributed by atoms with van der Waals surface area (Å²) in [6, 6.07) is 17.3. The van der Waals surface area contributed by atoms with E-state index >= 15 is 0 Å². The van der Waals surface area contributed by atoms with Crippen LogP contribution >= 0.6 is 23.2 Å². The number of nitrogens with one attached hydrogen (secondary N) is 1. The lowest BCUT2D eigenvalue weighted by Gasteiger charge is -2.33. The Morgan fingerprint density at radius 1 is 0.950 bits per heavy atom. The average Bonchev–Trinajstić information content (AvgIpc) is 2.86. The zero-order valence-corrected chi connectivity index (χ0v) is 25.9. The molecule has 0 saturated heterocycles. The van der Waals surface area contributed by atoms with Crippen LogP contribution in [0, 0.1) is 13.8 Å². The maximum Gasteiger partial charge on any atom is 0.264 e. The van der Waals surface area contributed by atoms with Crippen LogP contribution in [0.5, 0.6) is 0 Å². The van der Waals surface area contributed by atoms with Crippen molar-refractivity contribution in [2.45, 2.75) is 64.6 Å². The summed E-state index contributed by atoms with van der Waals surface area (Å²) >= 11 is 12.6. The third kappa shape index (κ3) is 7.99. The van der Waals surface area contributed by atoms with Crippen molar-refractivity contribution in [1.29, 1.82) is 0 Å². The second-order valence-corrected chi connectivity index (χ2v) is 13.5. The fraction of sp³-hybridized carbons (Fsp3) is 0.333. The molecule has 0 bridgehead atoms. The zero-order valence-electron chi connectivity index (χ0n) is 23.5. The molecule has 7 nitrogen and oxygen atoms in total. The van der Waals surface area contributed by atoms with Gasteiger partial charge >= 0.3 is 0 Å². The van der Waals surface area contributed by atoms with Crippen molar-refractivity contribution in [2.75, 3.05) is 10.8 Å². The molecule has 1 atom stereocenters.